The molecule has 0 aliphatic rings. The van der Waals surface area contributed by atoms with Gasteiger partial charge >= 0.3 is 0 Å². The minimum atomic E-state index is 0.863. The molecule has 18 heavy (non-hydrogen) atoms. The molecule has 0 spiro atoms. The fourth-order valence-corrected chi connectivity index (χ4v) is 3.34. The van der Waals surface area contributed by atoms with Gasteiger partial charge in [0.25, 0.3) is 0 Å². The van der Waals surface area contributed by atoms with Crippen LogP contribution in [0.4, 0.5) is 0 Å². The topological polar surface area (TPSA) is 12.0 Å². The molecule has 2 aromatic rings. The largest absolute Gasteiger partial charge is 0.312 e. The van der Waals surface area contributed by atoms with Gasteiger partial charge in [0.2, 0.25) is 0 Å². The summed E-state index contributed by atoms with van der Waals surface area (Å²) in [6, 6.07) is 10.3. The van der Waals surface area contributed by atoms with Gasteiger partial charge in [-0.3, -0.25) is 0 Å². The molecule has 0 bridgehead atoms. The van der Waals surface area contributed by atoms with Gasteiger partial charge in [-0.15, -0.1) is 11.3 Å². The highest BCUT2D eigenvalue weighted by atomic mass is 79.9. The van der Waals surface area contributed by atoms with E-state index in [1.165, 1.54) is 10.4 Å². The number of benzene rings is 1. The molecule has 1 nitrogen and oxygen atoms in total. The summed E-state index contributed by atoms with van der Waals surface area (Å²) in [4.78, 5) is 1.32. The van der Waals surface area contributed by atoms with E-state index in [4.69, 9.17) is 11.6 Å². The van der Waals surface area contributed by atoms with Crippen molar-refractivity contribution < 1.29 is 0 Å². The second-order valence-corrected chi connectivity index (χ2v) is 7.39. The van der Waals surface area contributed by atoms with E-state index in [-0.39, 0.29) is 0 Å². The summed E-state index contributed by atoms with van der Waals surface area (Å²) in [5, 5.41) is 3.43. The second kappa shape index (κ2) is 7.06. The molecule has 1 aromatic carbocycles. The van der Waals surface area contributed by atoms with Crippen LogP contribution in [-0.2, 0) is 13.0 Å². The van der Waals surface area contributed by atoms with Crippen molar-refractivity contribution in [2.75, 3.05) is 6.54 Å². The first-order valence-electron chi connectivity index (χ1n) is 5.54. The van der Waals surface area contributed by atoms with Gasteiger partial charge < -0.3 is 5.32 Å². The lowest BCUT2D eigenvalue weighted by Crippen LogP contribution is -2.16. The van der Waals surface area contributed by atoms with E-state index >= 15 is 0 Å². The summed E-state index contributed by atoms with van der Waals surface area (Å²) in [5.41, 5.74) is 1.27. The maximum Gasteiger partial charge on any atom is 0.0931 e. The first-order chi connectivity index (χ1) is 8.65. The minimum absolute atomic E-state index is 0.863. The minimum Gasteiger partial charge on any atom is -0.312 e. The van der Waals surface area contributed by atoms with Crippen LogP contribution in [0.3, 0.4) is 0 Å². The molecule has 0 atom stereocenters. The predicted octanol–water partition coefficient (Wildman–Crippen LogP) is 5.26. The number of halogens is 3. The van der Waals surface area contributed by atoms with Crippen molar-refractivity contribution in [3.05, 3.63) is 54.1 Å². The Labute approximate surface area is 133 Å². The quantitative estimate of drug-likeness (QED) is 0.665. The molecule has 0 radical (unpaired) electrons. The zero-order chi connectivity index (χ0) is 13.0. The number of hydrogen-bond donors (Lipinski definition) is 1. The lowest BCUT2D eigenvalue weighted by Gasteiger charge is -2.05. The molecule has 1 aromatic heterocycles. The average Bonchev–Trinajstić information content (AvgIpc) is 2.75. The lowest BCUT2D eigenvalue weighted by atomic mass is 10.2. The smallest absolute Gasteiger partial charge is 0.0931 e. The van der Waals surface area contributed by atoms with Crippen LogP contribution < -0.4 is 5.32 Å². The van der Waals surface area contributed by atoms with Crippen molar-refractivity contribution in [2.45, 2.75) is 13.0 Å². The number of nitrogens with one attached hydrogen (secondary N) is 1. The molecule has 0 fully saturated rings. The van der Waals surface area contributed by atoms with Crippen molar-refractivity contribution in [3.63, 3.8) is 0 Å². The van der Waals surface area contributed by atoms with Gasteiger partial charge in [-0.25, -0.2) is 0 Å². The highest BCUT2D eigenvalue weighted by Crippen LogP contribution is 2.24. The third kappa shape index (κ3) is 4.35. The Morgan fingerprint density at radius 2 is 1.94 bits per heavy atom. The molecule has 2 rings (SSSR count). The summed E-state index contributed by atoms with van der Waals surface area (Å²) in [7, 11) is 0. The Balaban J connectivity index is 1.76. The monoisotopic (exact) mass is 407 g/mol. The van der Waals surface area contributed by atoms with E-state index in [0.717, 1.165) is 32.8 Å². The second-order valence-electron chi connectivity index (χ2n) is 3.88. The molecule has 0 amide bonds. The van der Waals surface area contributed by atoms with Crippen LogP contribution in [0.2, 0.25) is 4.34 Å². The maximum absolute atomic E-state index is 5.89. The fraction of sp³-hybridized carbons (Fsp3) is 0.231. The van der Waals surface area contributed by atoms with Gasteiger partial charge in [0.15, 0.2) is 0 Å². The van der Waals surface area contributed by atoms with Crippen molar-refractivity contribution >= 4 is 54.8 Å². The van der Waals surface area contributed by atoms with Crippen molar-refractivity contribution in [1.82, 2.24) is 5.32 Å². The van der Waals surface area contributed by atoms with Gasteiger partial charge in [0.05, 0.1) is 4.34 Å². The molecule has 0 aliphatic carbocycles. The number of thiophene rings is 1. The van der Waals surface area contributed by atoms with Gasteiger partial charge in [-0.1, -0.05) is 17.7 Å². The van der Waals surface area contributed by atoms with Crippen LogP contribution in [0.5, 0.6) is 0 Å². The van der Waals surface area contributed by atoms with Crippen molar-refractivity contribution in [2.24, 2.45) is 0 Å². The molecular weight excluding hydrogens is 397 g/mol. The van der Waals surface area contributed by atoms with Crippen LogP contribution in [0.25, 0.3) is 0 Å². The van der Waals surface area contributed by atoms with Crippen LogP contribution in [-0.4, -0.2) is 6.54 Å². The van der Waals surface area contributed by atoms with Crippen molar-refractivity contribution in [1.29, 1.82) is 0 Å². The van der Waals surface area contributed by atoms with E-state index in [0.29, 0.717) is 0 Å². The Bertz CT molecular complexity index is 527. The van der Waals surface area contributed by atoms with Crippen molar-refractivity contribution in [3.8, 4) is 0 Å². The van der Waals surface area contributed by atoms with E-state index in [9.17, 15) is 0 Å². The van der Waals surface area contributed by atoms with E-state index in [1.807, 2.05) is 6.07 Å². The van der Waals surface area contributed by atoms with E-state index < -0.39 is 0 Å². The summed E-state index contributed by atoms with van der Waals surface area (Å²) in [6.07, 6.45) is 1.02. The standard InChI is InChI=1S/C13H12Br2ClNS/c14-11-3-1-9(7-12(11)15)8-17-6-5-10-2-4-13(16)18-10/h1-4,7,17H,5-6,8H2. The summed E-state index contributed by atoms with van der Waals surface area (Å²) < 4.78 is 3.04. The van der Waals surface area contributed by atoms with Crippen LogP contribution in [0.15, 0.2) is 39.3 Å². The van der Waals surface area contributed by atoms with Gasteiger partial charge in [0, 0.05) is 26.9 Å². The zero-order valence-corrected chi connectivity index (χ0v) is 14.3. The number of hydrogen-bond acceptors (Lipinski definition) is 2. The van der Waals surface area contributed by atoms with Crippen LogP contribution in [0, 0.1) is 0 Å². The summed E-state index contributed by atoms with van der Waals surface area (Å²) in [5.74, 6) is 0. The van der Waals surface area contributed by atoms with E-state index in [1.54, 1.807) is 11.3 Å². The maximum atomic E-state index is 5.89. The first kappa shape index (κ1) is 14.5. The van der Waals surface area contributed by atoms with Gasteiger partial charge in [-0.05, 0) is 68.1 Å². The Morgan fingerprint density at radius 1 is 1.11 bits per heavy atom. The van der Waals surface area contributed by atoms with Gasteiger partial charge in [0.1, 0.15) is 0 Å². The first-order valence-corrected chi connectivity index (χ1v) is 8.32. The molecule has 0 aliphatic heterocycles. The van der Waals surface area contributed by atoms with Gasteiger partial charge in [-0.2, -0.15) is 0 Å². The molecule has 1 heterocycles. The molecule has 5 heteroatoms. The molecule has 0 saturated carbocycles. The highest BCUT2D eigenvalue weighted by Gasteiger charge is 2.00. The molecule has 0 unspecified atom stereocenters. The number of rotatable bonds is 5. The van der Waals surface area contributed by atoms with E-state index in [2.05, 4.69) is 61.4 Å². The summed E-state index contributed by atoms with van der Waals surface area (Å²) in [6.45, 7) is 1.84. The fourth-order valence-electron chi connectivity index (χ4n) is 1.58. The normalized spacial score (nSPS) is 10.8. The molecule has 0 saturated heterocycles. The molecule has 1 N–H and O–H groups in total. The molecule has 96 valence electrons. The van der Waals surface area contributed by atoms with Crippen LogP contribution in [0.1, 0.15) is 10.4 Å². The summed E-state index contributed by atoms with van der Waals surface area (Å²) >= 11 is 14.5. The average molecular weight is 410 g/mol. The third-order valence-electron chi connectivity index (χ3n) is 2.49. The Kier molecular flexibility index (Phi) is 5.70. The SMILES string of the molecule is Clc1ccc(CCNCc2ccc(Br)c(Br)c2)s1. The van der Waals surface area contributed by atoms with Crippen LogP contribution >= 0.6 is 54.8 Å². The Morgan fingerprint density at radius 3 is 2.61 bits per heavy atom. The predicted molar refractivity (Wildman–Crippen MR) is 86.6 cm³/mol. The zero-order valence-electron chi connectivity index (χ0n) is 9.55. The highest BCUT2D eigenvalue weighted by molar-refractivity contribution is 9.13. The third-order valence-corrected chi connectivity index (χ3v) is 5.66. The Hall–Kier alpha value is 0.130. The molecular formula is C13H12Br2ClNS. The lowest BCUT2D eigenvalue weighted by molar-refractivity contribution is 0.690.